The van der Waals surface area contributed by atoms with E-state index in [4.69, 9.17) is 4.74 Å². The molecule has 0 heterocycles. The second-order valence-corrected chi connectivity index (χ2v) is 8.67. The van der Waals surface area contributed by atoms with Crippen molar-refractivity contribution in [1.29, 1.82) is 0 Å². The second kappa shape index (κ2) is 8.38. The maximum Gasteiger partial charge on any atom is 0.312 e. The maximum absolute atomic E-state index is 14.0. The monoisotopic (exact) mass is 411 g/mol. The quantitative estimate of drug-likeness (QED) is 0.579. The van der Waals surface area contributed by atoms with Crippen LogP contribution in [0.25, 0.3) is 0 Å². The van der Waals surface area contributed by atoms with Gasteiger partial charge in [0.15, 0.2) is 5.78 Å². The number of nitrogens with one attached hydrogen (secondary N) is 1. The normalized spacial score (nSPS) is 15.6. The van der Waals surface area contributed by atoms with Gasteiger partial charge in [-0.15, -0.1) is 0 Å². The molecule has 0 aliphatic heterocycles. The number of carbonyl (C=O) groups is 3. The number of ketones is 1. The first-order chi connectivity index (χ1) is 14.1. The molecular formula is C24H26FNO4. The van der Waals surface area contributed by atoms with Gasteiger partial charge in [-0.2, -0.15) is 0 Å². The van der Waals surface area contributed by atoms with E-state index >= 15 is 0 Å². The van der Waals surface area contributed by atoms with E-state index in [1.807, 2.05) is 12.1 Å². The van der Waals surface area contributed by atoms with Crippen molar-refractivity contribution in [3.8, 4) is 5.75 Å². The Morgan fingerprint density at radius 1 is 1.13 bits per heavy atom. The Balaban J connectivity index is 1.56. The van der Waals surface area contributed by atoms with Crippen LogP contribution < -0.4 is 10.1 Å². The molecule has 1 atom stereocenters. The van der Waals surface area contributed by atoms with Crippen molar-refractivity contribution >= 4 is 17.7 Å². The standard InChI is InChI=1S/C24H26FNO4/c1-14-13-18(27)22-19(10-9-17(25)21(14)22)30-20(28)11-12-26-23(29)15-5-7-16(8-6-15)24(2,3)4/h5-10,14H,11-13H2,1-4H3,(H,26,29). The van der Waals surface area contributed by atoms with E-state index in [-0.39, 0.29) is 53.7 Å². The average molecular weight is 411 g/mol. The molecule has 3 rings (SSSR count). The van der Waals surface area contributed by atoms with Gasteiger partial charge < -0.3 is 10.1 Å². The number of hydrogen-bond donors (Lipinski definition) is 1. The summed E-state index contributed by atoms with van der Waals surface area (Å²) in [4.78, 5) is 36.6. The molecule has 0 spiro atoms. The molecule has 5 nitrogen and oxygen atoms in total. The van der Waals surface area contributed by atoms with Gasteiger partial charge in [0, 0.05) is 24.1 Å². The third-order valence-electron chi connectivity index (χ3n) is 5.27. The Morgan fingerprint density at radius 2 is 1.80 bits per heavy atom. The van der Waals surface area contributed by atoms with Crippen LogP contribution in [0.15, 0.2) is 36.4 Å². The molecule has 30 heavy (non-hydrogen) atoms. The molecule has 1 unspecified atom stereocenters. The molecule has 0 fully saturated rings. The number of esters is 1. The Labute approximate surface area is 175 Å². The first-order valence-corrected chi connectivity index (χ1v) is 10.0. The fourth-order valence-electron chi connectivity index (χ4n) is 3.59. The summed E-state index contributed by atoms with van der Waals surface area (Å²) in [6.07, 6.45) is 0.132. The molecule has 6 heteroatoms. The summed E-state index contributed by atoms with van der Waals surface area (Å²) in [7, 11) is 0. The molecule has 2 aromatic rings. The molecule has 158 valence electrons. The lowest BCUT2D eigenvalue weighted by Gasteiger charge is -2.19. The first kappa shape index (κ1) is 21.7. The van der Waals surface area contributed by atoms with Gasteiger partial charge >= 0.3 is 5.97 Å². The van der Waals surface area contributed by atoms with Crippen molar-refractivity contribution in [2.75, 3.05) is 6.54 Å². The van der Waals surface area contributed by atoms with Gasteiger partial charge in [0.1, 0.15) is 11.6 Å². The SMILES string of the molecule is CC1CC(=O)c2c(OC(=O)CCNC(=O)c3ccc(C(C)(C)C)cc3)ccc(F)c21. The van der Waals surface area contributed by atoms with E-state index in [9.17, 15) is 18.8 Å². The van der Waals surface area contributed by atoms with Crippen molar-refractivity contribution in [1.82, 2.24) is 5.32 Å². The van der Waals surface area contributed by atoms with Gasteiger partial charge in [-0.3, -0.25) is 14.4 Å². The van der Waals surface area contributed by atoms with Gasteiger partial charge in [-0.1, -0.05) is 39.8 Å². The number of Topliss-reactive ketones (excluding diaryl/α,β-unsaturated/α-hetero) is 1. The number of fused-ring (bicyclic) bond motifs is 1. The third-order valence-corrected chi connectivity index (χ3v) is 5.27. The largest absolute Gasteiger partial charge is 0.426 e. The molecular weight excluding hydrogens is 385 g/mol. The van der Waals surface area contributed by atoms with E-state index in [0.29, 0.717) is 11.1 Å². The van der Waals surface area contributed by atoms with Crippen molar-refractivity contribution in [2.45, 2.75) is 51.9 Å². The van der Waals surface area contributed by atoms with E-state index in [1.54, 1.807) is 19.1 Å². The summed E-state index contributed by atoms with van der Waals surface area (Å²) in [6, 6.07) is 9.84. The Hall–Kier alpha value is -3.02. The van der Waals surface area contributed by atoms with E-state index in [1.165, 1.54) is 12.1 Å². The highest BCUT2D eigenvalue weighted by Crippen LogP contribution is 2.39. The summed E-state index contributed by atoms with van der Waals surface area (Å²) < 4.78 is 19.3. The molecule has 0 saturated heterocycles. The molecule has 2 aromatic carbocycles. The smallest absolute Gasteiger partial charge is 0.312 e. The molecule has 1 aliphatic carbocycles. The number of benzene rings is 2. The number of carbonyl (C=O) groups excluding carboxylic acids is 3. The highest BCUT2D eigenvalue weighted by atomic mass is 19.1. The van der Waals surface area contributed by atoms with Gasteiger partial charge in [-0.25, -0.2) is 4.39 Å². The zero-order valence-electron chi connectivity index (χ0n) is 17.7. The highest BCUT2D eigenvalue weighted by Gasteiger charge is 2.33. The number of hydrogen-bond acceptors (Lipinski definition) is 4. The molecule has 0 aromatic heterocycles. The second-order valence-electron chi connectivity index (χ2n) is 8.67. The summed E-state index contributed by atoms with van der Waals surface area (Å²) >= 11 is 0. The van der Waals surface area contributed by atoms with Crippen LogP contribution in [-0.4, -0.2) is 24.2 Å². The zero-order chi connectivity index (χ0) is 22.1. The zero-order valence-corrected chi connectivity index (χ0v) is 17.7. The number of ether oxygens (including phenoxy) is 1. The minimum Gasteiger partial charge on any atom is -0.426 e. The lowest BCUT2D eigenvalue weighted by atomic mass is 9.87. The van der Waals surface area contributed by atoms with E-state index in [2.05, 4.69) is 26.1 Å². The Kier molecular flexibility index (Phi) is 6.06. The van der Waals surface area contributed by atoms with Crippen LogP contribution in [0, 0.1) is 5.82 Å². The molecule has 0 bridgehead atoms. The van der Waals surface area contributed by atoms with Gasteiger partial charge in [0.05, 0.1) is 12.0 Å². The lowest BCUT2D eigenvalue weighted by molar-refractivity contribution is -0.134. The van der Waals surface area contributed by atoms with Gasteiger partial charge in [-0.05, 0) is 41.2 Å². The van der Waals surface area contributed by atoms with Crippen molar-refractivity contribution in [2.24, 2.45) is 0 Å². The van der Waals surface area contributed by atoms with Crippen LogP contribution in [0.5, 0.6) is 5.75 Å². The fraction of sp³-hybridized carbons (Fsp3) is 0.375. The van der Waals surface area contributed by atoms with E-state index < -0.39 is 11.8 Å². The predicted octanol–water partition coefficient (Wildman–Crippen LogP) is 4.54. The lowest BCUT2D eigenvalue weighted by Crippen LogP contribution is -2.27. The third kappa shape index (κ3) is 4.58. The highest BCUT2D eigenvalue weighted by molar-refractivity contribution is 6.04. The topological polar surface area (TPSA) is 72.5 Å². The summed E-state index contributed by atoms with van der Waals surface area (Å²) in [5.74, 6) is -1.74. The Morgan fingerprint density at radius 3 is 2.43 bits per heavy atom. The molecule has 1 N–H and O–H groups in total. The van der Waals surface area contributed by atoms with Crippen LogP contribution >= 0.6 is 0 Å². The van der Waals surface area contributed by atoms with Crippen molar-refractivity contribution < 1.29 is 23.5 Å². The number of rotatable bonds is 5. The summed E-state index contributed by atoms with van der Waals surface area (Å²) in [6.45, 7) is 8.14. The molecule has 0 radical (unpaired) electrons. The van der Waals surface area contributed by atoms with Crippen molar-refractivity contribution in [3.05, 3.63) is 64.5 Å². The molecule has 0 saturated carbocycles. The van der Waals surface area contributed by atoms with E-state index in [0.717, 1.165) is 5.56 Å². The van der Waals surface area contributed by atoms with Gasteiger partial charge in [0.25, 0.3) is 5.91 Å². The van der Waals surface area contributed by atoms with Crippen molar-refractivity contribution in [3.63, 3.8) is 0 Å². The maximum atomic E-state index is 14.0. The molecule has 1 amide bonds. The van der Waals surface area contributed by atoms with Crippen LogP contribution in [0.1, 0.15) is 78.3 Å². The van der Waals surface area contributed by atoms with Crippen LogP contribution in [0.3, 0.4) is 0 Å². The van der Waals surface area contributed by atoms with Gasteiger partial charge in [0.2, 0.25) is 0 Å². The van der Waals surface area contributed by atoms with Crippen LogP contribution in [-0.2, 0) is 10.2 Å². The predicted molar refractivity (Wildman–Crippen MR) is 111 cm³/mol. The molecule has 1 aliphatic rings. The fourth-order valence-corrected chi connectivity index (χ4v) is 3.59. The Bertz CT molecular complexity index is 990. The van der Waals surface area contributed by atoms with Crippen LogP contribution in [0.4, 0.5) is 4.39 Å². The minimum absolute atomic E-state index is 0.00152. The first-order valence-electron chi connectivity index (χ1n) is 10.0. The summed E-state index contributed by atoms with van der Waals surface area (Å²) in [5, 5.41) is 2.68. The summed E-state index contributed by atoms with van der Waals surface area (Å²) in [5.41, 5.74) is 2.08. The number of halogens is 1. The minimum atomic E-state index is -0.598. The number of amides is 1. The van der Waals surface area contributed by atoms with Crippen LogP contribution in [0.2, 0.25) is 0 Å². The average Bonchev–Trinajstić information content (AvgIpc) is 2.98.